The van der Waals surface area contributed by atoms with Crippen molar-refractivity contribution in [3.63, 3.8) is 0 Å². The Labute approximate surface area is 151 Å². The summed E-state index contributed by atoms with van der Waals surface area (Å²) in [6.07, 6.45) is 0.436. The van der Waals surface area contributed by atoms with Gasteiger partial charge in [0.25, 0.3) is 5.56 Å². The molecule has 1 heterocycles. The molecule has 3 aromatic rings. The van der Waals surface area contributed by atoms with Crippen LogP contribution in [0.15, 0.2) is 59.4 Å². The molecule has 26 heavy (non-hydrogen) atoms. The Balaban J connectivity index is 1.57. The molecule has 3 rings (SSSR count). The number of hydrogen-bond donors (Lipinski definition) is 2. The van der Waals surface area contributed by atoms with Gasteiger partial charge in [-0.1, -0.05) is 60.2 Å². The van der Waals surface area contributed by atoms with E-state index in [1.54, 1.807) is 0 Å². The van der Waals surface area contributed by atoms with Gasteiger partial charge in [-0.2, -0.15) is 0 Å². The molecule has 0 radical (unpaired) electrons. The number of aryl methyl sites for hydroxylation is 2. The molecule has 0 saturated carbocycles. The first-order valence-corrected chi connectivity index (χ1v) is 8.45. The predicted molar refractivity (Wildman–Crippen MR) is 99.4 cm³/mol. The maximum atomic E-state index is 12.2. The van der Waals surface area contributed by atoms with Gasteiger partial charge in [0.05, 0.1) is 0 Å². The van der Waals surface area contributed by atoms with Gasteiger partial charge < -0.3 is 10.3 Å². The highest BCUT2D eigenvalue weighted by Crippen LogP contribution is 2.13. The van der Waals surface area contributed by atoms with Gasteiger partial charge in [0.1, 0.15) is 5.69 Å². The Morgan fingerprint density at radius 1 is 1.04 bits per heavy atom. The van der Waals surface area contributed by atoms with E-state index in [0.717, 1.165) is 16.7 Å². The van der Waals surface area contributed by atoms with Crippen LogP contribution in [0.25, 0.3) is 11.4 Å². The number of aromatic nitrogens is 3. The van der Waals surface area contributed by atoms with Crippen LogP contribution in [0.4, 0.5) is 0 Å². The number of aromatic amines is 1. The van der Waals surface area contributed by atoms with E-state index >= 15 is 0 Å². The Kier molecular flexibility index (Phi) is 5.53. The van der Waals surface area contributed by atoms with Crippen LogP contribution >= 0.6 is 0 Å². The van der Waals surface area contributed by atoms with Crippen LogP contribution in [0.1, 0.15) is 23.2 Å². The number of benzene rings is 2. The molecule has 0 aliphatic heterocycles. The fraction of sp³-hybridized carbons (Fsp3) is 0.200. The second kappa shape index (κ2) is 8.20. The van der Waals surface area contributed by atoms with Crippen molar-refractivity contribution in [2.75, 3.05) is 0 Å². The normalized spacial score (nSPS) is 10.5. The molecule has 0 aliphatic rings. The molecule has 1 amide bonds. The van der Waals surface area contributed by atoms with Gasteiger partial charge in [-0.15, -0.1) is 10.2 Å². The number of rotatable bonds is 6. The van der Waals surface area contributed by atoms with E-state index in [1.165, 1.54) is 0 Å². The van der Waals surface area contributed by atoms with E-state index in [1.807, 2.05) is 61.5 Å². The molecule has 6 heteroatoms. The minimum Gasteiger partial charge on any atom is -0.352 e. The van der Waals surface area contributed by atoms with Crippen molar-refractivity contribution < 1.29 is 4.79 Å². The van der Waals surface area contributed by atoms with Gasteiger partial charge in [0.15, 0.2) is 5.82 Å². The van der Waals surface area contributed by atoms with E-state index in [2.05, 4.69) is 20.5 Å². The fourth-order valence-electron chi connectivity index (χ4n) is 2.48. The SMILES string of the molecule is Cc1ccc(-c2nnc(CCC(=O)NCc3ccccc3)c(=O)[nH]2)cc1. The molecule has 0 saturated heterocycles. The molecule has 0 bridgehead atoms. The molecule has 0 atom stereocenters. The second-order valence-electron chi connectivity index (χ2n) is 6.08. The summed E-state index contributed by atoms with van der Waals surface area (Å²) >= 11 is 0. The lowest BCUT2D eigenvalue weighted by Crippen LogP contribution is -2.25. The van der Waals surface area contributed by atoms with E-state index in [4.69, 9.17) is 0 Å². The van der Waals surface area contributed by atoms with Gasteiger partial charge in [-0.25, -0.2) is 0 Å². The number of nitrogens with zero attached hydrogens (tertiary/aromatic N) is 2. The zero-order chi connectivity index (χ0) is 18.4. The van der Waals surface area contributed by atoms with Crippen LogP contribution < -0.4 is 10.9 Å². The molecule has 0 aliphatic carbocycles. The standard InChI is InChI=1S/C20H20N4O2/c1-14-7-9-16(10-8-14)19-22-20(26)17(23-24-19)11-12-18(25)21-13-15-5-3-2-4-6-15/h2-10H,11-13H2,1H3,(H,21,25)(H,22,24,26). The molecule has 6 nitrogen and oxygen atoms in total. The van der Waals surface area contributed by atoms with Crippen LogP contribution in [-0.4, -0.2) is 21.1 Å². The number of hydrogen-bond acceptors (Lipinski definition) is 4. The quantitative estimate of drug-likeness (QED) is 0.716. The van der Waals surface area contributed by atoms with E-state index in [9.17, 15) is 9.59 Å². The molecule has 132 valence electrons. The highest BCUT2D eigenvalue weighted by molar-refractivity contribution is 5.76. The van der Waals surface area contributed by atoms with Crippen LogP contribution in [0.5, 0.6) is 0 Å². The summed E-state index contributed by atoms with van der Waals surface area (Å²) in [6.45, 7) is 2.46. The summed E-state index contributed by atoms with van der Waals surface area (Å²) in [5.74, 6) is 0.296. The molecule has 2 aromatic carbocycles. The van der Waals surface area contributed by atoms with Crippen LogP contribution in [0, 0.1) is 6.92 Å². The molecule has 0 spiro atoms. The molecule has 0 unspecified atom stereocenters. The Hall–Kier alpha value is -3.28. The lowest BCUT2D eigenvalue weighted by molar-refractivity contribution is -0.121. The topological polar surface area (TPSA) is 87.7 Å². The fourth-order valence-corrected chi connectivity index (χ4v) is 2.48. The summed E-state index contributed by atoms with van der Waals surface area (Å²) in [6, 6.07) is 17.3. The first-order valence-electron chi connectivity index (χ1n) is 8.45. The molecule has 1 aromatic heterocycles. The van der Waals surface area contributed by atoms with Gasteiger partial charge in [-0.3, -0.25) is 9.59 Å². The van der Waals surface area contributed by atoms with Crippen molar-refractivity contribution in [1.82, 2.24) is 20.5 Å². The van der Waals surface area contributed by atoms with E-state index in [-0.39, 0.29) is 30.0 Å². The summed E-state index contributed by atoms with van der Waals surface area (Å²) in [5.41, 5.74) is 2.90. The van der Waals surface area contributed by atoms with Crippen LogP contribution in [-0.2, 0) is 17.8 Å². The Morgan fingerprint density at radius 2 is 1.77 bits per heavy atom. The van der Waals surface area contributed by atoms with Crippen molar-refractivity contribution in [2.45, 2.75) is 26.3 Å². The monoisotopic (exact) mass is 348 g/mol. The molecule has 2 N–H and O–H groups in total. The third kappa shape index (κ3) is 4.63. The molecule has 0 fully saturated rings. The van der Waals surface area contributed by atoms with E-state index in [0.29, 0.717) is 12.4 Å². The zero-order valence-electron chi connectivity index (χ0n) is 14.5. The highest BCUT2D eigenvalue weighted by Gasteiger charge is 2.09. The summed E-state index contributed by atoms with van der Waals surface area (Å²) < 4.78 is 0. The second-order valence-corrected chi connectivity index (χ2v) is 6.08. The van der Waals surface area contributed by atoms with Crippen molar-refractivity contribution >= 4 is 5.91 Å². The number of H-pyrrole nitrogens is 1. The number of carbonyl (C=O) groups is 1. The van der Waals surface area contributed by atoms with Gasteiger partial charge in [0.2, 0.25) is 5.91 Å². The number of amides is 1. The zero-order valence-corrected chi connectivity index (χ0v) is 14.5. The van der Waals surface area contributed by atoms with Crippen molar-refractivity contribution in [3.8, 4) is 11.4 Å². The third-order valence-electron chi connectivity index (χ3n) is 4.01. The summed E-state index contributed by atoms with van der Waals surface area (Å²) in [5, 5.41) is 10.9. The average Bonchev–Trinajstić information content (AvgIpc) is 2.67. The average molecular weight is 348 g/mol. The van der Waals surface area contributed by atoms with Crippen molar-refractivity contribution in [2.24, 2.45) is 0 Å². The predicted octanol–water partition coefficient (Wildman–Crippen LogP) is 2.39. The number of nitrogens with one attached hydrogen (secondary N) is 2. The first-order chi connectivity index (χ1) is 12.6. The Morgan fingerprint density at radius 3 is 2.46 bits per heavy atom. The van der Waals surface area contributed by atoms with Crippen molar-refractivity contribution in [3.05, 3.63) is 81.8 Å². The smallest absolute Gasteiger partial charge is 0.273 e. The molecular weight excluding hydrogens is 328 g/mol. The maximum absolute atomic E-state index is 12.2. The lowest BCUT2D eigenvalue weighted by atomic mass is 10.1. The van der Waals surface area contributed by atoms with E-state index < -0.39 is 0 Å². The minimum absolute atomic E-state index is 0.127. The largest absolute Gasteiger partial charge is 0.352 e. The summed E-state index contributed by atoms with van der Waals surface area (Å²) in [7, 11) is 0. The van der Waals surface area contributed by atoms with Gasteiger partial charge in [0, 0.05) is 24.9 Å². The van der Waals surface area contributed by atoms with Gasteiger partial charge in [-0.05, 0) is 12.5 Å². The molecular formula is C20H20N4O2. The summed E-state index contributed by atoms with van der Waals surface area (Å²) in [4.78, 5) is 26.9. The highest BCUT2D eigenvalue weighted by atomic mass is 16.1. The third-order valence-corrected chi connectivity index (χ3v) is 4.01. The lowest BCUT2D eigenvalue weighted by Gasteiger charge is -2.05. The first kappa shape index (κ1) is 17.5. The van der Waals surface area contributed by atoms with Crippen LogP contribution in [0.2, 0.25) is 0 Å². The maximum Gasteiger partial charge on any atom is 0.273 e. The van der Waals surface area contributed by atoms with Gasteiger partial charge >= 0.3 is 0 Å². The minimum atomic E-state index is -0.313. The number of carbonyl (C=O) groups excluding carboxylic acids is 1. The Bertz CT molecular complexity index is 934. The van der Waals surface area contributed by atoms with Crippen molar-refractivity contribution in [1.29, 1.82) is 0 Å². The van der Waals surface area contributed by atoms with Crippen LogP contribution in [0.3, 0.4) is 0 Å².